The molecule has 86 valence electrons. The van der Waals surface area contributed by atoms with Crippen LogP contribution in [-0.4, -0.2) is 16.3 Å². The Bertz CT molecular complexity index is 497. The number of fused-ring (bicyclic) bond motifs is 1. The van der Waals surface area contributed by atoms with E-state index in [9.17, 15) is 0 Å². The summed E-state index contributed by atoms with van der Waals surface area (Å²) in [6.07, 6.45) is 0.847. The van der Waals surface area contributed by atoms with Crippen molar-refractivity contribution in [1.29, 1.82) is 0 Å². The van der Waals surface area contributed by atoms with E-state index in [1.165, 1.54) is 16.5 Å². The number of benzene rings is 1. The molecular formula is C13H19N3. The predicted molar refractivity (Wildman–Crippen MR) is 67.6 cm³/mol. The van der Waals surface area contributed by atoms with Crippen molar-refractivity contribution in [2.75, 3.05) is 6.54 Å². The molecule has 3 heteroatoms. The summed E-state index contributed by atoms with van der Waals surface area (Å²) in [5.41, 5.74) is 9.23. The van der Waals surface area contributed by atoms with Crippen LogP contribution < -0.4 is 5.73 Å². The van der Waals surface area contributed by atoms with Gasteiger partial charge in [0.25, 0.3) is 0 Å². The number of nitrogens with two attached hydrogens (primary N) is 1. The third-order valence-electron chi connectivity index (χ3n) is 2.81. The number of hydrogen-bond acceptors (Lipinski definition) is 2. The maximum absolute atomic E-state index is 5.62. The van der Waals surface area contributed by atoms with Crippen LogP contribution in [0.5, 0.6) is 0 Å². The van der Waals surface area contributed by atoms with Gasteiger partial charge in [-0.1, -0.05) is 12.1 Å². The molecule has 0 spiro atoms. The second kappa shape index (κ2) is 4.26. The van der Waals surface area contributed by atoms with Crippen LogP contribution in [0.4, 0.5) is 0 Å². The molecule has 0 aliphatic rings. The van der Waals surface area contributed by atoms with E-state index in [1.54, 1.807) is 0 Å². The quantitative estimate of drug-likeness (QED) is 0.858. The molecule has 0 radical (unpaired) electrons. The molecule has 1 aromatic carbocycles. The molecule has 0 bridgehead atoms. The van der Waals surface area contributed by atoms with Crippen LogP contribution in [0, 0.1) is 6.92 Å². The zero-order chi connectivity index (χ0) is 11.7. The van der Waals surface area contributed by atoms with E-state index in [0.29, 0.717) is 12.6 Å². The molecule has 0 unspecified atom stereocenters. The number of aryl methyl sites for hydroxylation is 1. The molecule has 2 aromatic rings. The lowest BCUT2D eigenvalue weighted by molar-refractivity contribution is 0.543. The molecule has 0 atom stereocenters. The summed E-state index contributed by atoms with van der Waals surface area (Å²) >= 11 is 0. The van der Waals surface area contributed by atoms with Crippen LogP contribution in [0.25, 0.3) is 10.9 Å². The lowest BCUT2D eigenvalue weighted by Gasteiger charge is -2.06. The molecule has 2 N–H and O–H groups in total. The highest BCUT2D eigenvalue weighted by atomic mass is 15.3. The minimum Gasteiger partial charge on any atom is -0.330 e. The van der Waals surface area contributed by atoms with Crippen LogP contribution in [0.1, 0.15) is 31.1 Å². The van der Waals surface area contributed by atoms with Gasteiger partial charge in [-0.15, -0.1) is 0 Å². The van der Waals surface area contributed by atoms with Crippen LogP contribution in [0.15, 0.2) is 18.2 Å². The Kier molecular flexibility index (Phi) is 2.97. The Morgan fingerprint density at radius 3 is 2.75 bits per heavy atom. The van der Waals surface area contributed by atoms with Gasteiger partial charge in [-0.25, -0.2) is 0 Å². The second-order valence-electron chi connectivity index (χ2n) is 4.54. The highest BCUT2D eigenvalue weighted by Crippen LogP contribution is 2.23. The van der Waals surface area contributed by atoms with Gasteiger partial charge in [-0.05, 0) is 38.9 Å². The first-order chi connectivity index (χ1) is 7.63. The van der Waals surface area contributed by atoms with Gasteiger partial charge in [-0.3, -0.25) is 4.68 Å². The zero-order valence-electron chi connectivity index (χ0n) is 10.2. The summed E-state index contributed by atoms with van der Waals surface area (Å²) in [5.74, 6) is 0. The lowest BCUT2D eigenvalue weighted by atomic mass is 10.1. The summed E-state index contributed by atoms with van der Waals surface area (Å²) in [6, 6.07) is 6.87. The first kappa shape index (κ1) is 11.1. The molecule has 1 heterocycles. The van der Waals surface area contributed by atoms with Crippen molar-refractivity contribution in [2.24, 2.45) is 5.73 Å². The van der Waals surface area contributed by atoms with E-state index in [1.807, 2.05) is 0 Å². The first-order valence-corrected chi connectivity index (χ1v) is 5.81. The van der Waals surface area contributed by atoms with Crippen molar-refractivity contribution in [2.45, 2.75) is 33.2 Å². The Morgan fingerprint density at radius 2 is 2.12 bits per heavy atom. The maximum atomic E-state index is 5.62. The SMILES string of the molecule is Cc1ccc2c(CCN)nn(C(C)C)c2c1. The summed E-state index contributed by atoms with van der Waals surface area (Å²) in [4.78, 5) is 0. The van der Waals surface area contributed by atoms with E-state index >= 15 is 0 Å². The van der Waals surface area contributed by atoms with Gasteiger partial charge in [0.1, 0.15) is 0 Å². The standard InChI is InChI=1S/C13H19N3/c1-9(2)16-13-8-10(3)4-5-11(13)12(15-16)6-7-14/h4-5,8-9H,6-7,14H2,1-3H3. The molecular weight excluding hydrogens is 198 g/mol. The van der Waals surface area contributed by atoms with E-state index in [2.05, 4.69) is 48.8 Å². The molecule has 1 aromatic heterocycles. The zero-order valence-corrected chi connectivity index (χ0v) is 10.2. The second-order valence-corrected chi connectivity index (χ2v) is 4.54. The van der Waals surface area contributed by atoms with Crippen molar-refractivity contribution >= 4 is 10.9 Å². The highest BCUT2D eigenvalue weighted by Gasteiger charge is 2.11. The topological polar surface area (TPSA) is 43.8 Å². The molecule has 0 fully saturated rings. The van der Waals surface area contributed by atoms with Crippen molar-refractivity contribution < 1.29 is 0 Å². The predicted octanol–water partition coefficient (Wildman–Crippen LogP) is 2.43. The minimum atomic E-state index is 0.385. The van der Waals surface area contributed by atoms with E-state index in [0.717, 1.165) is 12.1 Å². The maximum Gasteiger partial charge on any atom is 0.0716 e. The molecule has 0 amide bonds. The molecule has 0 aliphatic carbocycles. The Balaban J connectivity index is 2.66. The number of hydrogen-bond donors (Lipinski definition) is 1. The minimum absolute atomic E-state index is 0.385. The van der Waals surface area contributed by atoms with Gasteiger partial charge in [0, 0.05) is 17.8 Å². The van der Waals surface area contributed by atoms with Crippen LogP contribution in [0.2, 0.25) is 0 Å². The first-order valence-electron chi connectivity index (χ1n) is 5.81. The summed E-state index contributed by atoms with van der Waals surface area (Å²) in [5, 5.41) is 5.90. The summed E-state index contributed by atoms with van der Waals surface area (Å²) < 4.78 is 2.09. The van der Waals surface area contributed by atoms with E-state index in [-0.39, 0.29) is 0 Å². The summed E-state index contributed by atoms with van der Waals surface area (Å²) in [6.45, 7) is 7.07. The molecule has 0 saturated carbocycles. The number of aromatic nitrogens is 2. The molecule has 16 heavy (non-hydrogen) atoms. The smallest absolute Gasteiger partial charge is 0.0716 e. The number of rotatable bonds is 3. The third kappa shape index (κ3) is 1.83. The average molecular weight is 217 g/mol. The Labute approximate surface area is 96.2 Å². The third-order valence-corrected chi connectivity index (χ3v) is 2.81. The average Bonchev–Trinajstić information content (AvgIpc) is 2.57. The molecule has 0 aliphatic heterocycles. The highest BCUT2D eigenvalue weighted by molar-refractivity contribution is 5.82. The van der Waals surface area contributed by atoms with Gasteiger partial charge in [0.2, 0.25) is 0 Å². The van der Waals surface area contributed by atoms with Gasteiger partial charge < -0.3 is 5.73 Å². The Hall–Kier alpha value is -1.35. The van der Waals surface area contributed by atoms with Crippen LogP contribution in [0.3, 0.4) is 0 Å². The monoisotopic (exact) mass is 217 g/mol. The fourth-order valence-corrected chi connectivity index (χ4v) is 2.03. The van der Waals surface area contributed by atoms with Crippen LogP contribution >= 0.6 is 0 Å². The van der Waals surface area contributed by atoms with Crippen molar-refractivity contribution in [1.82, 2.24) is 9.78 Å². The normalized spacial score (nSPS) is 11.6. The van der Waals surface area contributed by atoms with Crippen LogP contribution in [-0.2, 0) is 6.42 Å². The molecule has 0 saturated heterocycles. The van der Waals surface area contributed by atoms with Gasteiger partial charge in [0.15, 0.2) is 0 Å². The van der Waals surface area contributed by atoms with E-state index < -0.39 is 0 Å². The van der Waals surface area contributed by atoms with Gasteiger partial charge in [-0.2, -0.15) is 5.10 Å². The largest absolute Gasteiger partial charge is 0.330 e. The fraction of sp³-hybridized carbons (Fsp3) is 0.462. The Morgan fingerprint density at radius 1 is 1.38 bits per heavy atom. The lowest BCUT2D eigenvalue weighted by Crippen LogP contribution is -2.06. The van der Waals surface area contributed by atoms with Crippen molar-refractivity contribution in [3.8, 4) is 0 Å². The van der Waals surface area contributed by atoms with Gasteiger partial charge in [0.05, 0.1) is 11.2 Å². The van der Waals surface area contributed by atoms with Gasteiger partial charge >= 0.3 is 0 Å². The molecule has 2 rings (SSSR count). The number of nitrogens with zero attached hydrogens (tertiary/aromatic N) is 2. The molecule has 3 nitrogen and oxygen atoms in total. The van der Waals surface area contributed by atoms with Crippen molar-refractivity contribution in [3.63, 3.8) is 0 Å². The fourth-order valence-electron chi connectivity index (χ4n) is 2.03. The van der Waals surface area contributed by atoms with Crippen molar-refractivity contribution in [3.05, 3.63) is 29.5 Å². The summed E-state index contributed by atoms with van der Waals surface area (Å²) in [7, 11) is 0. The van der Waals surface area contributed by atoms with E-state index in [4.69, 9.17) is 5.73 Å².